The smallest absolute Gasteiger partial charge is 0.417 e. The quantitative estimate of drug-likeness (QED) is 0.530. The average molecular weight is 462 g/mol. The van der Waals surface area contributed by atoms with Gasteiger partial charge in [-0.15, -0.1) is 0 Å². The molecule has 3 aromatic rings. The molecule has 0 spiro atoms. The molecule has 0 radical (unpaired) electrons. The fraction of sp³-hybridized carbons (Fsp3) is 0.0909. The number of benzene rings is 3. The minimum absolute atomic E-state index is 0.0223. The van der Waals surface area contributed by atoms with Crippen LogP contribution in [0.3, 0.4) is 0 Å². The second-order valence-corrected chi connectivity index (χ2v) is 7.62. The molecule has 32 heavy (non-hydrogen) atoms. The number of carbonyl (C=O) groups excluding carboxylic acids is 2. The molecule has 1 amide bonds. The second kappa shape index (κ2) is 9.33. The number of nitrogens with one attached hydrogen (secondary N) is 1. The number of alkyl halides is 3. The topological polar surface area (TPSA) is 98.5 Å². The molecule has 0 aromatic heterocycles. The molecular weight excluding hydrogens is 445 g/mol. The van der Waals surface area contributed by atoms with E-state index in [1.165, 1.54) is 61.7 Å². The van der Waals surface area contributed by atoms with Gasteiger partial charge in [0.15, 0.2) is 6.29 Å². The maximum absolute atomic E-state index is 13.4. The molecule has 0 saturated carbocycles. The third-order valence-corrected chi connectivity index (χ3v) is 5.37. The lowest BCUT2D eigenvalue weighted by atomic mass is 9.95. The molecule has 1 unspecified atom stereocenters. The number of ether oxygens (including phenoxy) is 1. The Morgan fingerprint density at radius 2 is 1.78 bits per heavy atom. The Balaban J connectivity index is 1.93. The molecule has 0 aliphatic carbocycles. The Morgan fingerprint density at radius 1 is 1.06 bits per heavy atom. The summed E-state index contributed by atoms with van der Waals surface area (Å²) in [5.41, 5.74) is -0.584. The molecule has 166 valence electrons. The lowest BCUT2D eigenvalue weighted by Crippen LogP contribution is -2.13. The summed E-state index contributed by atoms with van der Waals surface area (Å²) in [5, 5.41) is 7.93. The van der Waals surface area contributed by atoms with Crippen molar-refractivity contribution in [3.8, 4) is 16.9 Å². The molecule has 10 heteroatoms. The van der Waals surface area contributed by atoms with Gasteiger partial charge in [-0.25, -0.2) is 9.35 Å². The summed E-state index contributed by atoms with van der Waals surface area (Å²) in [6, 6.07) is 13.1. The van der Waals surface area contributed by atoms with Gasteiger partial charge in [-0.05, 0) is 47.5 Å². The van der Waals surface area contributed by atoms with Crippen LogP contribution in [-0.4, -0.2) is 23.5 Å². The van der Waals surface area contributed by atoms with Crippen molar-refractivity contribution >= 4 is 28.9 Å². The molecule has 3 aromatic carbocycles. The number of nitrogens with two attached hydrogens (primary N) is 1. The number of hydrogen-bond acceptors (Lipinski definition) is 4. The Labute approximate surface area is 183 Å². The number of halogens is 3. The Kier molecular flexibility index (Phi) is 6.75. The van der Waals surface area contributed by atoms with E-state index in [2.05, 4.69) is 5.32 Å². The summed E-state index contributed by atoms with van der Waals surface area (Å²) >= 11 is 0. The molecule has 3 N–H and O–H groups in total. The highest BCUT2D eigenvalue weighted by molar-refractivity contribution is 7.82. The zero-order valence-corrected chi connectivity index (χ0v) is 17.4. The van der Waals surface area contributed by atoms with E-state index in [-0.39, 0.29) is 38.6 Å². The molecule has 0 bridgehead atoms. The summed E-state index contributed by atoms with van der Waals surface area (Å²) in [6.45, 7) is 0. The minimum atomic E-state index is -4.60. The van der Waals surface area contributed by atoms with Gasteiger partial charge in [-0.1, -0.05) is 24.3 Å². The van der Waals surface area contributed by atoms with Gasteiger partial charge in [0.1, 0.15) is 16.7 Å². The summed E-state index contributed by atoms with van der Waals surface area (Å²) < 4.78 is 56.7. The lowest BCUT2D eigenvalue weighted by molar-refractivity contribution is -0.137. The maximum atomic E-state index is 13.4. The minimum Gasteiger partial charge on any atom is -0.495 e. The molecule has 0 heterocycles. The van der Waals surface area contributed by atoms with E-state index in [1.807, 2.05) is 0 Å². The number of rotatable bonds is 6. The van der Waals surface area contributed by atoms with Gasteiger partial charge in [0.25, 0.3) is 5.91 Å². The van der Waals surface area contributed by atoms with Crippen molar-refractivity contribution in [3.05, 3.63) is 77.4 Å². The van der Waals surface area contributed by atoms with E-state index < -0.39 is 28.6 Å². The second-order valence-electron chi connectivity index (χ2n) is 6.58. The zero-order chi connectivity index (χ0) is 23.5. The van der Waals surface area contributed by atoms with Crippen LogP contribution in [0.1, 0.15) is 26.3 Å². The molecule has 0 fully saturated rings. The van der Waals surface area contributed by atoms with E-state index in [0.29, 0.717) is 6.29 Å². The van der Waals surface area contributed by atoms with Crippen molar-refractivity contribution in [3.63, 3.8) is 0 Å². The summed E-state index contributed by atoms with van der Waals surface area (Å²) in [6.07, 6.45) is -4.17. The van der Waals surface area contributed by atoms with E-state index in [0.717, 1.165) is 6.07 Å². The van der Waals surface area contributed by atoms with Gasteiger partial charge in [-0.3, -0.25) is 9.59 Å². The number of amides is 1. The van der Waals surface area contributed by atoms with Crippen LogP contribution in [0.15, 0.2) is 65.6 Å². The van der Waals surface area contributed by atoms with Gasteiger partial charge in [0, 0.05) is 16.8 Å². The number of carbonyl (C=O) groups is 2. The molecule has 0 saturated heterocycles. The fourth-order valence-corrected chi connectivity index (χ4v) is 3.67. The third-order valence-electron chi connectivity index (χ3n) is 4.60. The third kappa shape index (κ3) is 4.87. The average Bonchev–Trinajstić information content (AvgIpc) is 2.77. The van der Waals surface area contributed by atoms with Crippen LogP contribution in [-0.2, 0) is 17.2 Å². The van der Waals surface area contributed by atoms with Crippen molar-refractivity contribution in [2.75, 3.05) is 12.4 Å². The Bertz CT molecular complexity index is 1210. The fourth-order valence-electron chi connectivity index (χ4n) is 3.13. The molecule has 0 aliphatic heterocycles. The standard InChI is InChI=1S/C22H17F3N2O4S/c1-31-19-11-13(6-9-20(19)32(26)30)21(29)27-15-7-8-16(14(10-15)12-28)17-4-2-3-5-18(17)22(23,24)25/h2-12H,26H2,1H3,(H,27,29). The normalized spacial score (nSPS) is 12.2. The van der Waals surface area contributed by atoms with E-state index in [9.17, 15) is 27.0 Å². The predicted octanol–water partition coefficient (Wildman–Crippen LogP) is 4.43. The van der Waals surface area contributed by atoms with Crippen LogP contribution in [0.2, 0.25) is 0 Å². The summed E-state index contributed by atoms with van der Waals surface area (Å²) in [4.78, 5) is 24.4. The zero-order valence-electron chi connectivity index (χ0n) is 16.6. The van der Waals surface area contributed by atoms with Gasteiger partial charge >= 0.3 is 6.18 Å². The monoisotopic (exact) mass is 462 g/mol. The highest BCUT2D eigenvalue weighted by Gasteiger charge is 2.33. The van der Waals surface area contributed by atoms with Crippen LogP contribution >= 0.6 is 0 Å². The first-order valence-electron chi connectivity index (χ1n) is 9.07. The van der Waals surface area contributed by atoms with E-state index in [4.69, 9.17) is 9.88 Å². The van der Waals surface area contributed by atoms with Crippen LogP contribution in [0.25, 0.3) is 11.1 Å². The van der Waals surface area contributed by atoms with Crippen molar-refractivity contribution in [2.45, 2.75) is 11.1 Å². The van der Waals surface area contributed by atoms with Gasteiger partial charge < -0.3 is 10.1 Å². The molecule has 3 rings (SSSR count). The number of anilines is 1. The predicted molar refractivity (Wildman–Crippen MR) is 114 cm³/mol. The molecule has 1 atom stereocenters. The molecular formula is C22H17F3N2O4S. The first kappa shape index (κ1) is 23.2. The first-order chi connectivity index (χ1) is 15.2. The Morgan fingerprint density at radius 3 is 2.41 bits per heavy atom. The van der Waals surface area contributed by atoms with Crippen LogP contribution in [0.4, 0.5) is 18.9 Å². The lowest BCUT2D eigenvalue weighted by Gasteiger charge is -2.15. The van der Waals surface area contributed by atoms with Gasteiger partial charge in [0.2, 0.25) is 0 Å². The van der Waals surface area contributed by atoms with Crippen LogP contribution in [0, 0.1) is 0 Å². The Hall–Kier alpha value is -3.50. The van der Waals surface area contributed by atoms with Crippen molar-refractivity contribution in [2.24, 2.45) is 5.14 Å². The highest BCUT2D eigenvalue weighted by Crippen LogP contribution is 2.38. The van der Waals surface area contributed by atoms with Crippen LogP contribution < -0.4 is 15.2 Å². The van der Waals surface area contributed by atoms with Gasteiger partial charge in [-0.2, -0.15) is 13.2 Å². The maximum Gasteiger partial charge on any atom is 0.417 e. The van der Waals surface area contributed by atoms with Gasteiger partial charge in [0.05, 0.1) is 17.6 Å². The molecule has 0 aliphatic rings. The number of hydrogen-bond donors (Lipinski definition) is 2. The van der Waals surface area contributed by atoms with E-state index >= 15 is 0 Å². The SMILES string of the molecule is COc1cc(C(=O)Nc2ccc(-c3ccccc3C(F)(F)F)c(C=O)c2)ccc1S(N)=O. The van der Waals surface area contributed by atoms with E-state index in [1.54, 1.807) is 0 Å². The van der Waals surface area contributed by atoms with Crippen molar-refractivity contribution in [1.29, 1.82) is 0 Å². The van der Waals surface area contributed by atoms with Crippen LogP contribution in [0.5, 0.6) is 5.75 Å². The number of methoxy groups -OCH3 is 1. The van der Waals surface area contributed by atoms with Crippen molar-refractivity contribution < 1.29 is 31.7 Å². The highest BCUT2D eigenvalue weighted by atomic mass is 32.2. The number of aldehydes is 1. The first-order valence-corrected chi connectivity index (χ1v) is 10.3. The molecule has 6 nitrogen and oxygen atoms in total. The largest absolute Gasteiger partial charge is 0.495 e. The summed E-state index contributed by atoms with van der Waals surface area (Å²) in [7, 11) is -0.475. The summed E-state index contributed by atoms with van der Waals surface area (Å²) in [5.74, 6) is -0.413. The van der Waals surface area contributed by atoms with Crippen molar-refractivity contribution in [1.82, 2.24) is 0 Å².